The third kappa shape index (κ3) is 3.17. The van der Waals surface area contributed by atoms with Crippen molar-refractivity contribution in [1.29, 1.82) is 0 Å². The van der Waals surface area contributed by atoms with E-state index >= 15 is 0 Å². The molecule has 2 rings (SSSR count). The number of methoxy groups -OCH3 is 1. The van der Waals surface area contributed by atoms with Crippen LogP contribution in [-0.4, -0.2) is 32.8 Å². The van der Waals surface area contributed by atoms with Crippen molar-refractivity contribution in [1.82, 2.24) is 19.1 Å². The van der Waals surface area contributed by atoms with Crippen LogP contribution in [0.15, 0.2) is 12.4 Å². The van der Waals surface area contributed by atoms with Crippen LogP contribution in [0.25, 0.3) is 0 Å². The van der Waals surface area contributed by atoms with Crippen molar-refractivity contribution in [2.45, 2.75) is 19.6 Å². The van der Waals surface area contributed by atoms with Gasteiger partial charge in [-0.2, -0.15) is 9.47 Å². The maximum Gasteiger partial charge on any atom is 0.202 e. The van der Waals surface area contributed by atoms with E-state index in [1.807, 2.05) is 6.92 Å². The molecule has 2 heterocycles. The predicted octanol–water partition coefficient (Wildman–Crippen LogP) is 1.14. The minimum Gasteiger partial charge on any atom is -0.396 e. The van der Waals surface area contributed by atoms with E-state index in [1.165, 1.54) is 11.5 Å². The molecular weight excluding hydrogens is 252 g/mol. The molecule has 18 heavy (non-hydrogen) atoms. The number of nitrogens with one attached hydrogen (secondary N) is 1. The summed E-state index contributed by atoms with van der Waals surface area (Å²) >= 11 is 1.33. The third-order valence-corrected chi connectivity index (χ3v) is 3.12. The van der Waals surface area contributed by atoms with Gasteiger partial charge in [-0.1, -0.05) is 0 Å². The van der Waals surface area contributed by atoms with Gasteiger partial charge in [0.05, 0.1) is 18.4 Å². The molecule has 2 aromatic heterocycles. The predicted molar refractivity (Wildman–Crippen MR) is 70.5 cm³/mol. The third-order valence-electron chi connectivity index (χ3n) is 2.43. The highest BCUT2D eigenvalue weighted by molar-refractivity contribution is 7.09. The maximum absolute atomic E-state index is 5.58. The van der Waals surface area contributed by atoms with Gasteiger partial charge < -0.3 is 15.8 Å². The van der Waals surface area contributed by atoms with Crippen LogP contribution in [-0.2, 0) is 11.3 Å². The Bertz CT molecular complexity index is 496. The lowest BCUT2D eigenvalue weighted by Crippen LogP contribution is -2.10. The number of ether oxygens (including phenoxy) is 1. The Kier molecular flexibility index (Phi) is 4.11. The molecule has 1 unspecified atom stereocenters. The van der Waals surface area contributed by atoms with E-state index < -0.39 is 0 Å². The Morgan fingerprint density at radius 2 is 2.44 bits per heavy atom. The summed E-state index contributed by atoms with van der Waals surface area (Å²) in [5.41, 5.74) is 6.24. The van der Waals surface area contributed by atoms with Crippen LogP contribution in [0, 0.1) is 0 Å². The van der Waals surface area contributed by atoms with Crippen LogP contribution in [0.4, 0.5) is 10.8 Å². The number of nitrogen functional groups attached to an aromatic ring is 1. The molecule has 3 N–H and O–H groups in total. The van der Waals surface area contributed by atoms with Crippen LogP contribution >= 0.6 is 11.5 Å². The zero-order valence-corrected chi connectivity index (χ0v) is 11.1. The van der Waals surface area contributed by atoms with E-state index in [9.17, 15) is 0 Å². The van der Waals surface area contributed by atoms with Gasteiger partial charge in [0.25, 0.3) is 0 Å². The van der Waals surface area contributed by atoms with Crippen LogP contribution in [0.3, 0.4) is 0 Å². The number of anilines is 2. The first kappa shape index (κ1) is 12.8. The summed E-state index contributed by atoms with van der Waals surface area (Å²) in [6.45, 7) is 3.36. The molecule has 0 saturated heterocycles. The van der Waals surface area contributed by atoms with Gasteiger partial charge in [0.2, 0.25) is 5.13 Å². The highest BCUT2D eigenvalue weighted by Gasteiger charge is 2.10. The molecule has 0 bridgehead atoms. The molecule has 2 aromatic rings. The van der Waals surface area contributed by atoms with Crippen molar-refractivity contribution in [3.05, 3.63) is 18.2 Å². The Hall–Kier alpha value is -1.67. The smallest absolute Gasteiger partial charge is 0.202 e. The first-order valence-corrected chi connectivity index (χ1v) is 6.34. The molecule has 0 spiro atoms. The van der Waals surface area contributed by atoms with E-state index in [-0.39, 0.29) is 6.10 Å². The number of aromatic nitrogens is 4. The van der Waals surface area contributed by atoms with E-state index in [0.29, 0.717) is 11.5 Å². The first-order valence-electron chi connectivity index (χ1n) is 5.57. The molecule has 0 aliphatic rings. The molecule has 0 aromatic carbocycles. The molecule has 7 nitrogen and oxygen atoms in total. The fraction of sp³-hybridized carbons (Fsp3) is 0.500. The first-order chi connectivity index (χ1) is 8.69. The van der Waals surface area contributed by atoms with E-state index in [0.717, 1.165) is 18.2 Å². The number of hydrogen-bond donors (Lipinski definition) is 2. The fourth-order valence-corrected chi connectivity index (χ4v) is 2.03. The topological polar surface area (TPSA) is 90.9 Å². The van der Waals surface area contributed by atoms with Gasteiger partial charge in [-0.25, -0.2) is 4.98 Å². The molecule has 0 saturated carbocycles. The van der Waals surface area contributed by atoms with Crippen LogP contribution < -0.4 is 11.1 Å². The van der Waals surface area contributed by atoms with Crippen molar-refractivity contribution in [3.63, 3.8) is 0 Å². The van der Waals surface area contributed by atoms with Gasteiger partial charge >= 0.3 is 0 Å². The van der Waals surface area contributed by atoms with Gasteiger partial charge in [-0.15, -0.1) is 0 Å². The molecule has 0 radical (unpaired) electrons. The van der Waals surface area contributed by atoms with Gasteiger partial charge in [0.15, 0.2) is 5.82 Å². The lowest BCUT2D eigenvalue weighted by molar-refractivity contribution is 0.113. The van der Waals surface area contributed by atoms with Crippen LogP contribution in [0.1, 0.15) is 18.9 Å². The van der Waals surface area contributed by atoms with Crippen LogP contribution in [0.5, 0.6) is 0 Å². The molecular formula is C10H16N6OS. The lowest BCUT2D eigenvalue weighted by Gasteiger charge is -2.03. The normalized spacial score (nSPS) is 12.6. The maximum atomic E-state index is 5.58. The second kappa shape index (κ2) is 5.78. The molecule has 0 aliphatic heterocycles. The Morgan fingerprint density at radius 1 is 1.61 bits per heavy atom. The van der Waals surface area contributed by atoms with Crippen molar-refractivity contribution in [2.24, 2.45) is 0 Å². The minimum absolute atomic E-state index is 0.0808. The summed E-state index contributed by atoms with van der Waals surface area (Å²) in [5, 5.41) is 8.07. The Labute approximate surface area is 109 Å². The van der Waals surface area contributed by atoms with E-state index in [4.69, 9.17) is 10.5 Å². The van der Waals surface area contributed by atoms with Gasteiger partial charge in [-0.05, 0) is 6.92 Å². The van der Waals surface area contributed by atoms with Gasteiger partial charge in [0, 0.05) is 31.4 Å². The average molecular weight is 268 g/mol. The summed E-state index contributed by atoms with van der Waals surface area (Å²) in [4.78, 5) is 4.33. The standard InChI is InChI=1S/C10H16N6OS/c1-7(17-2)9-14-10(18-15-9)12-3-4-16-6-8(11)5-13-16/h5-7H,3-4,11H2,1-2H3,(H,12,14,15). The van der Waals surface area contributed by atoms with Gasteiger partial charge in [-0.3, -0.25) is 4.68 Å². The highest BCUT2D eigenvalue weighted by atomic mass is 32.1. The number of nitrogens with two attached hydrogens (primary N) is 1. The molecule has 98 valence electrons. The van der Waals surface area contributed by atoms with Crippen molar-refractivity contribution in [2.75, 3.05) is 24.7 Å². The molecule has 0 fully saturated rings. The second-order valence-electron chi connectivity index (χ2n) is 3.80. The minimum atomic E-state index is -0.0808. The van der Waals surface area contributed by atoms with E-state index in [2.05, 4.69) is 19.8 Å². The summed E-state index contributed by atoms with van der Waals surface area (Å²) in [5.74, 6) is 0.702. The highest BCUT2D eigenvalue weighted by Crippen LogP contribution is 2.17. The number of rotatable bonds is 6. The fourth-order valence-electron chi connectivity index (χ4n) is 1.36. The van der Waals surface area contributed by atoms with Crippen molar-refractivity contribution >= 4 is 22.4 Å². The number of hydrogen-bond acceptors (Lipinski definition) is 7. The van der Waals surface area contributed by atoms with Crippen LogP contribution in [0.2, 0.25) is 0 Å². The molecule has 1 atom stereocenters. The summed E-state index contributed by atoms with van der Waals surface area (Å²) in [7, 11) is 1.64. The Balaban J connectivity index is 1.81. The average Bonchev–Trinajstić information content (AvgIpc) is 2.98. The summed E-state index contributed by atoms with van der Waals surface area (Å²) < 4.78 is 11.1. The van der Waals surface area contributed by atoms with Gasteiger partial charge in [0.1, 0.15) is 6.10 Å². The van der Waals surface area contributed by atoms with Crippen molar-refractivity contribution in [3.8, 4) is 0 Å². The zero-order valence-electron chi connectivity index (χ0n) is 10.3. The summed E-state index contributed by atoms with van der Waals surface area (Å²) in [6.07, 6.45) is 3.34. The van der Waals surface area contributed by atoms with E-state index in [1.54, 1.807) is 24.2 Å². The quantitative estimate of drug-likeness (QED) is 0.816. The molecule has 8 heteroatoms. The monoisotopic (exact) mass is 268 g/mol. The summed E-state index contributed by atoms with van der Waals surface area (Å²) in [6, 6.07) is 0. The number of nitrogens with zero attached hydrogens (tertiary/aromatic N) is 4. The zero-order chi connectivity index (χ0) is 13.0. The Morgan fingerprint density at radius 3 is 3.11 bits per heavy atom. The SMILES string of the molecule is COC(C)c1nsc(NCCn2cc(N)cn2)n1. The molecule has 0 amide bonds. The van der Waals surface area contributed by atoms with Crippen molar-refractivity contribution < 1.29 is 4.74 Å². The largest absolute Gasteiger partial charge is 0.396 e. The second-order valence-corrected chi connectivity index (χ2v) is 4.55. The molecule has 0 aliphatic carbocycles. The lowest BCUT2D eigenvalue weighted by atomic mass is 10.4.